The second-order valence-electron chi connectivity index (χ2n) is 5.34. The summed E-state index contributed by atoms with van der Waals surface area (Å²) in [5.41, 5.74) is 2.86. The van der Waals surface area contributed by atoms with Crippen LogP contribution in [-0.4, -0.2) is 28.3 Å². The zero-order valence-electron chi connectivity index (χ0n) is 13.1. The first-order valence-corrected chi connectivity index (χ1v) is 7.47. The van der Waals surface area contributed by atoms with E-state index in [1.807, 2.05) is 19.1 Å². The Morgan fingerprint density at radius 1 is 1.12 bits per heavy atom. The zero-order chi connectivity index (χ0) is 16.9. The first kappa shape index (κ1) is 15.6. The molecule has 120 valence electrons. The second kappa shape index (κ2) is 6.87. The smallest absolute Gasteiger partial charge is 0.251 e. The molecular weight excluding hydrogens is 304 g/mol. The molecule has 0 atom stereocenters. The van der Waals surface area contributed by atoms with Crippen LogP contribution in [0.25, 0.3) is 10.9 Å². The minimum Gasteiger partial charge on any atom is -0.343 e. The molecule has 2 aromatic carbocycles. The quantitative estimate of drug-likeness (QED) is 0.772. The molecule has 0 bridgehead atoms. The Morgan fingerprint density at radius 3 is 2.79 bits per heavy atom. The lowest BCUT2D eigenvalue weighted by Gasteiger charge is -2.09. The van der Waals surface area contributed by atoms with Gasteiger partial charge in [-0.05, 0) is 36.8 Å². The van der Waals surface area contributed by atoms with Gasteiger partial charge in [0.1, 0.15) is 6.33 Å². The van der Waals surface area contributed by atoms with Crippen LogP contribution in [0.1, 0.15) is 15.9 Å². The minimum atomic E-state index is -0.298. The van der Waals surface area contributed by atoms with Crippen LogP contribution in [0.2, 0.25) is 0 Å². The van der Waals surface area contributed by atoms with Gasteiger partial charge in [-0.2, -0.15) is 0 Å². The van der Waals surface area contributed by atoms with Crippen molar-refractivity contribution in [1.29, 1.82) is 0 Å². The summed E-state index contributed by atoms with van der Waals surface area (Å²) >= 11 is 0. The van der Waals surface area contributed by atoms with Crippen molar-refractivity contribution in [3.8, 4) is 0 Å². The molecule has 3 aromatic rings. The number of carbonyl (C=O) groups is 2. The van der Waals surface area contributed by atoms with Crippen molar-refractivity contribution in [3.05, 3.63) is 66.1 Å². The average Bonchev–Trinajstić information content (AvgIpc) is 2.60. The van der Waals surface area contributed by atoms with E-state index in [0.717, 1.165) is 16.5 Å². The molecule has 6 nitrogen and oxygen atoms in total. The van der Waals surface area contributed by atoms with Crippen LogP contribution in [0.5, 0.6) is 0 Å². The van der Waals surface area contributed by atoms with Gasteiger partial charge in [-0.15, -0.1) is 0 Å². The molecule has 24 heavy (non-hydrogen) atoms. The van der Waals surface area contributed by atoms with Crippen LogP contribution in [0.15, 0.2) is 55.0 Å². The second-order valence-corrected chi connectivity index (χ2v) is 5.34. The Labute approximate surface area is 138 Å². The van der Waals surface area contributed by atoms with Crippen molar-refractivity contribution in [2.45, 2.75) is 6.92 Å². The Balaban J connectivity index is 1.61. The molecule has 0 unspecified atom stereocenters. The van der Waals surface area contributed by atoms with E-state index >= 15 is 0 Å². The normalized spacial score (nSPS) is 10.4. The lowest BCUT2D eigenvalue weighted by molar-refractivity contribution is -0.115. The SMILES string of the molecule is Cc1ccccc1C(=O)NCC(=O)Nc1ccc2ncncc2c1. The Kier molecular flexibility index (Phi) is 4.47. The van der Waals surface area contributed by atoms with Gasteiger partial charge in [0.25, 0.3) is 5.91 Å². The molecule has 1 heterocycles. The number of benzene rings is 2. The number of anilines is 1. The van der Waals surface area contributed by atoms with Crippen molar-refractivity contribution in [2.24, 2.45) is 0 Å². The van der Waals surface area contributed by atoms with E-state index in [-0.39, 0.29) is 18.4 Å². The molecule has 0 aliphatic carbocycles. The van der Waals surface area contributed by atoms with Crippen LogP contribution >= 0.6 is 0 Å². The molecule has 0 spiro atoms. The summed E-state index contributed by atoms with van der Waals surface area (Å²) in [6.07, 6.45) is 3.15. The van der Waals surface area contributed by atoms with Gasteiger partial charge in [0, 0.05) is 22.8 Å². The summed E-state index contributed by atoms with van der Waals surface area (Å²) < 4.78 is 0. The number of aromatic nitrogens is 2. The van der Waals surface area contributed by atoms with Crippen LogP contribution < -0.4 is 10.6 Å². The minimum absolute atomic E-state index is 0.101. The number of hydrogen-bond acceptors (Lipinski definition) is 4. The highest BCUT2D eigenvalue weighted by Gasteiger charge is 2.10. The van der Waals surface area contributed by atoms with Gasteiger partial charge in [0.2, 0.25) is 5.91 Å². The molecule has 0 fully saturated rings. The van der Waals surface area contributed by atoms with E-state index in [4.69, 9.17) is 0 Å². The van der Waals surface area contributed by atoms with Crippen LogP contribution in [0, 0.1) is 6.92 Å². The maximum absolute atomic E-state index is 12.1. The molecule has 2 N–H and O–H groups in total. The highest BCUT2D eigenvalue weighted by Crippen LogP contribution is 2.16. The summed E-state index contributed by atoms with van der Waals surface area (Å²) in [5, 5.41) is 6.20. The molecule has 6 heteroatoms. The summed E-state index contributed by atoms with van der Waals surface area (Å²) in [6, 6.07) is 12.6. The Hall–Kier alpha value is -3.28. The predicted octanol–water partition coefficient (Wildman–Crippen LogP) is 2.31. The molecule has 0 aliphatic rings. The zero-order valence-corrected chi connectivity index (χ0v) is 13.1. The largest absolute Gasteiger partial charge is 0.343 e. The van der Waals surface area contributed by atoms with Crippen LogP contribution in [0.4, 0.5) is 5.69 Å². The van der Waals surface area contributed by atoms with E-state index in [1.165, 1.54) is 6.33 Å². The topological polar surface area (TPSA) is 84.0 Å². The van der Waals surface area contributed by atoms with Gasteiger partial charge >= 0.3 is 0 Å². The van der Waals surface area contributed by atoms with Gasteiger partial charge in [-0.25, -0.2) is 9.97 Å². The van der Waals surface area contributed by atoms with Crippen molar-refractivity contribution in [2.75, 3.05) is 11.9 Å². The number of fused-ring (bicyclic) bond motifs is 1. The third-order valence-corrected chi connectivity index (χ3v) is 3.59. The number of hydrogen-bond donors (Lipinski definition) is 2. The summed E-state index contributed by atoms with van der Waals surface area (Å²) in [5.74, 6) is -0.566. The van der Waals surface area contributed by atoms with Crippen molar-refractivity contribution in [3.63, 3.8) is 0 Å². The number of nitrogens with zero attached hydrogens (tertiary/aromatic N) is 2. The third-order valence-electron chi connectivity index (χ3n) is 3.59. The molecule has 0 radical (unpaired) electrons. The Morgan fingerprint density at radius 2 is 1.96 bits per heavy atom. The number of carbonyl (C=O) groups excluding carboxylic acids is 2. The monoisotopic (exact) mass is 320 g/mol. The summed E-state index contributed by atoms with van der Waals surface area (Å²) in [4.78, 5) is 32.2. The molecule has 0 saturated heterocycles. The highest BCUT2D eigenvalue weighted by molar-refractivity contribution is 6.00. The van der Waals surface area contributed by atoms with Gasteiger partial charge in [-0.3, -0.25) is 9.59 Å². The number of rotatable bonds is 4. The summed E-state index contributed by atoms with van der Waals surface area (Å²) in [7, 11) is 0. The first-order valence-electron chi connectivity index (χ1n) is 7.47. The molecule has 1 aromatic heterocycles. The predicted molar refractivity (Wildman–Crippen MR) is 91.7 cm³/mol. The maximum atomic E-state index is 12.1. The van der Waals surface area contributed by atoms with E-state index in [2.05, 4.69) is 20.6 Å². The number of nitrogens with one attached hydrogen (secondary N) is 2. The fourth-order valence-corrected chi connectivity index (χ4v) is 2.35. The average molecular weight is 320 g/mol. The van der Waals surface area contributed by atoms with E-state index in [0.29, 0.717) is 11.3 Å². The highest BCUT2D eigenvalue weighted by atomic mass is 16.2. The molecule has 0 aliphatic heterocycles. The van der Waals surface area contributed by atoms with Crippen molar-refractivity contribution >= 4 is 28.4 Å². The maximum Gasteiger partial charge on any atom is 0.251 e. The number of amides is 2. The lowest BCUT2D eigenvalue weighted by Crippen LogP contribution is -2.33. The van der Waals surface area contributed by atoms with Crippen molar-refractivity contribution < 1.29 is 9.59 Å². The van der Waals surface area contributed by atoms with Crippen molar-refractivity contribution in [1.82, 2.24) is 15.3 Å². The van der Waals surface area contributed by atoms with Crippen LogP contribution in [-0.2, 0) is 4.79 Å². The number of aryl methyl sites for hydroxylation is 1. The van der Waals surface area contributed by atoms with E-state index in [1.54, 1.807) is 36.5 Å². The molecule has 3 rings (SSSR count). The Bertz CT molecular complexity index is 908. The molecule has 2 amide bonds. The van der Waals surface area contributed by atoms with Gasteiger partial charge in [0.15, 0.2) is 0 Å². The standard InChI is InChI=1S/C18H16N4O2/c1-12-4-2-3-5-15(12)18(24)20-10-17(23)22-14-6-7-16-13(8-14)9-19-11-21-16/h2-9,11H,10H2,1H3,(H,20,24)(H,22,23). The fraction of sp³-hybridized carbons (Fsp3) is 0.111. The molecular formula is C18H16N4O2. The lowest BCUT2D eigenvalue weighted by atomic mass is 10.1. The summed E-state index contributed by atoms with van der Waals surface area (Å²) in [6.45, 7) is 1.75. The third kappa shape index (κ3) is 3.55. The van der Waals surface area contributed by atoms with Gasteiger partial charge in [0.05, 0.1) is 12.1 Å². The van der Waals surface area contributed by atoms with Gasteiger partial charge < -0.3 is 10.6 Å². The van der Waals surface area contributed by atoms with Crippen LogP contribution in [0.3, 0.4) is 0 Å². The van der Waals surface area contributed by atoms with E-state index < -0.39 is 0 Å². The van der Waals surface area contributed by atoms with Gasteiger partial charge in [-0.1, -0.05) is 18.2 Å². The first-order chi connectivity index (χ1) is 11.6. The fourth-order valence-electron chi connectivity index (χ4n) is 2.35. The van der Waals surface area contributed by atoms with E-state index in [9.17, 15) is 9.59 Å². The molecule has 0 saturated carbocycles.